The predicted octanol–water partition coefficient (Wildman–Crippen LogP) is 2.59. The average Bonchev–Trinajstić information content (AvgIpc) is 2.78. The highest BCUT2D eigenvalue weighted by atomic mass is 35.5. The van der Waals surface area contributed by atoms with E-state index < -0.39 is 11.9 Å². The Balaban J connectivity index is 2.28. The standard InChI is InChI=1S/C12H8ClNO5/c13-10-4-3-9(19-10)11(16)14-8-2-1-6(15)5-7(8)12(17)18/h1-5,15H,(H,14,16)(H,17,18). The third kappa shape index (κ3) is 2.86. The van der Waals surface area contributed by atoms with Crippen LogP contribution in [0.2, 0.25) is 5.22 Å². The summed E-state index contributed by atoms with van der Waals surface area (Å²) in [7, 11) is 0. The number of hydrogen-bond donors (Lipinski definition) is 3. The molecule has 0 saturated carbocycles. The van der Waals surface area contributed by atoms with E-state index in [0.717, 1.165) is 6.07 Å². The number of phenols is 1. The zero-order chi connectivity index (χ0) is 14.0. The second-order valence-corrected chi connectivity index (χ2v) is 3.97. The van der Waals surface area contributed by atoms with E-state index in [1.807, 2.05) is 0 Å². The molecule has 0 atom stereocenters. The summed E-state index contributed by atoms with van der Waals surface area (Å²) in [5.74, 6) is -2.17. The number of carbonyl (C=O) groups excluding carboxylic acids is 1. The number of carboxylic acids is 1. The van der Waals surface area contributed by atoms with Gasteiger partial charge in [-0.1, -0.05) is 0 Å². The third-order valence-corrected chi connectivity index (χ3v) is 2.48. The first kappa shape index (κ1) is 13.0. The van der Waals surface area contributed by atoms with E-state index in [4.69, 9.17) is 21.1 Å². The quantitative estimate of drug-likeness (QED) is 0.751. The molecule has 0 aliphatic heterocycles. The average molecular weight is 282 g/mol. The van der Waals surface area contributed by atoms with Crippen molar-refractivity contribution in [3.8, 4) is 5.75 Å². The summed E-state index contributed by atoms with van der Waals surface area (Å²) in [5.41, 5.74) is -0.186. The second kappa shape index (κ2) is 5.03. The summed E-state index contributed by atoms with van der Waals surface area (Å²) in [5, 5.41) is 20.6. The van der Waals surface area contributed by atoms with Gasteiger partial charge in [0.1, 0.15) is 5.75 Å². The molecule has 0 spiro atoms. The Kier molecular flexibility index (Phi) is 3.43. The van der Waals surface area contributed by atoms with Gasteiger partial charge >= 0.3 is 5.97 Å². The first-order valence-corrected chi connectivity index (χ1v) is 5.48. The number of amides is 1. The van der Waals surface area contributed by atoms with Gasteiger partial charge in [-0.3, -0.25) is 4.79 Å². The second-order valence-electron chi connectivity index (χ2n) is 3.59. The van der Waals surface area contributed by atoms with Gasteiger partial charge in [0.2, 0.25) is 0 Å². The molecule has 1 aromatic carbocycles. The molecule has 0 fully saturated rings. The van der Waals surface area contributed by atoms with Crippen LogP contribution in [0.15, 0.2) is 34.7 Å². The lowest BCUT2D eigenvalue weighted by Gasteiger charge is -2.07. The van der Waals surface area contributed by atoms with Crippen LogP contribution in [-0.2, 0) is 0 Å². The van der Waals surface area contributed by atoms with Crippen molar-refractivity contribution in [3.05, 3.63) is 46.9 Å². The predicted molar refractivity (Wildman–Crippen MR) is 66.7 cm³/mol. The Labute approximate surface area is 112 Å². The maximum absolute atomic E-state index is 11.8. The first-order valence-electron chi connectivity index (χ1n) is 5.10. The van der Waals surface area contributed by atoms with Crippen LogP contribution in [0.5, 0.6) is 5.75 Å². The smallest absolute Gasteiger partial charge is 0.337 e. The van der Waals surface area contributed by atoms with E-state index in [2.05, 4.69) is 5.32 Å². The molecule has 0 unspecified atom stereocenters. The number of rotatable bonds is 3. The zero-order valence-electron chi connectivity index (χ0n) is 9.38. The highest BCUT2D eigenvalue weighted by molar-refractivity contribution is 6.29. The van der Waals surface area contributed by atoms with Crippen molar-refractivity contribution in [2.24, 2.45) is 0 Å². The molecular weight excluding hydrogens is 274 g/mol. The third-order valence-electron chi connectivity index (χ3n) is 2.28. The molecule has 7 heteroatoms. The van der Waals surface area contributed by atoms with Crippen LogP contribution in [0.3, 0.4) is 0 Å². The van der Waals surface area contributed by atoms with Gasteiger partial charge < -0.3 is 19.9 Å². The van der Waals surface area contributed by atoms with Crippen LogP contribution in [0.25, 0.3) is 0 Å². The molecule has 1 amide bonds. The van der Waals surface area contributed by atoms with Crippen molar-refractivity contribution in [1.29, 1.82) is 0 Å². The lowest BCUT2D eigenvalue weighted by atomic mass is 10.1. The number of carboxylic acid groups (broad SMARTS) is 1. The molecule has 1 heterocycles. The van der Waals surface area contributed by atoms with E-state index in [-0.39, 0.29) is 28.0 Å². The van der Waals surface area contributed by atoms with Crippen LogP contribution in [0.1, 0.15) is 20.9 Å². The van der Waals surface area contributed by atoms with Gasteiger partial charge in [0, 0.05) is 0 Å². The summed E-state index contributed by atoms with van der Waals surface area (Å²) in [4.78, 5) is 22.8. The highest BCUT2D eigenvalue weighted by Gasteiger charge is 2.16. The Hall–Kier alpha value is -2.47. The zero-order valence-corrected chi connectivity index (χ0v) is 10.1. The molecule has 0 saturated heterocycles. The minimum absolute atomic E-state index is 0.0443. The number of halogens is 1. The topological polar surface area (TPSA) is 99.8 Å². The van der Waals surface area contributed by atoms with E-state index >= 15 is 0 Å². The van der Waals surface area contributed by atoms with E-state index in [9.17, 15) is 14.7 Å². The fourth-order valence-electron chi connectivity index (χ4n) is 1.44. The molecule has 98 valence electrons. The molecule has 1 aromatic heterocycles. The number of aromatic hydroxyl groups is 1. The van der Waals surface area contributed by atoms with Crippen molar-refractivity contribution >= 4 is 29.2 Å². The molecule has 0 radical (unpaired) electrons. The van der Waals surface area contributed by atoms with E-state index in [1.165, 1.54) is 24.3 Å². The molecule has 0 bridgehead atoms. The van der Waals surface area contributed by atoms with Crippen LogP contribution in [0, 0.1) is 0 Å². The van der Waals surface area contributed by atoms with Gasteiger partial charge in [-0.25, -0.2) is 4.79 Å². The first-order chi connectivity index (χ1) is 8.97. The van der Waals surface area contributed by atoms with Gasteiger partial charge in [0.25, 0.3) is 5.91 Å². The van der Waals surface area contributed by atoms with Crippen LogP contribution >= 0.6 is 11.6 Å². The SMILES string of the molecule is O=C(Nc1ccc(O)cc1C(=O)O)c1ccc(Cl)o1. The number of nitrogens with one attached hydrogen (secondary N) is 1. The number of benzene rings is 1. The maximum Gasteiger partial charge on any atom is 0.337 e. The summed E-state index contributed by atoms with van der Waals surface area (Å²) < 4.78 is 4.90. The monoisotopic (exact) mass is 281 g/mol. The van der Waals surface area contributed by atoms with Crippen LogP contribution in [-0.4, -0.2) is 22.1 Å². The lowest BCUT2D eigenvalue weighted by molar-refractivity contribution is 0.0697. The summed E-state index contributed by atoms with van der Waals surface area (Å²) >= 11 is 5.54. The summed E-state index contributed by atoms with van der Waals surface area (Å²) in [6.45, 7) is 0. The van der Waals surface area contributed by atoms with Crippen molar-refractivity contribution in [2.75, 3.05) is 5.32 Å². The fourth-order valence-corrected chi connectivity index (χ4v) is 1.58. The van der Waals surface area contributed by atoms with Crippen molar-refractivity contribution in [3.63, 3.8) is 0 Å². The number of furan rings is 1. The normalized spacial score (nSPS) is 10.2. The van der Waals surface area contributed by atoms with Gasteiger partial charge in [0.05, 0.1) is 11.3 Å². The van der Waals surface area contributed by atoms with Crippen molar-refractivity contribution in [2.45, 2.75) is 0 Å². The number of hydrogen-bond acceptors (Lipinski definition) is 4. The highest BCUT2D eigenvalue weighted by Crippen LogP contribution is 2.22. The molecule has 2 rings (SSSR count). The molecule has 0 aliphatic carbocycles. The molecule has 3 N–H and O–H groups in total. The number of aromatic carboxylic acids is 1. The molecule has 2 aromatic rings. The Morgan fingerprint density at radius 1 is 1.21 bits per heavy atom. The lowest BCUT2D eigenvalue weighted by Crippen LogP contribution is -2.14. The molecule has 19 heavy (non-hydrogen) atoms. The van der Waals surface area contributed by atoms with Gasteiger partial charge in [-0.2, -0.15) is 0 Å². The summed E-state index contributed by atoms with van der Waals surface area (Å²) in [6.07, 6.45) is 0. The minimum Gasteiger partial charge on any atom is -0.508 e. The van der Waals surface area contributed by atoms with E-state index in [0.29, 0.717) is 0 Å². The molecule has 6 nitrogen and oxygen atoms in total. The largest absolute Gasteiger partial charge is 0.508 e. The van der Waals surface area contributed by atoms with Crippen molar-refractivity contribution in [1.82, 2.24) is 0 Å². The Morgan fingerprint density at radius 2 is 1.95 bits per heavy atom. The maximum atomic E-state index is 11.8. The van der Waals surface area contributed by atoms with Gasteiger partial charge in [-0.05, 0) is 41.9 Å². The number of carbonyl (C=O) groups is 2. The van der Waals surface area contributed by atoms with Crippen LogP contribution in [0.4, 0.5) is 5.69 Å². The fraction of sp³-hybridized carbons (Fsp3) is 0. The van der Waals surface area contributed by atoms with Gasteiger partial charge in [0.15, 0.2) is 11.0 Å². The number of phenolic OH excluding ortho intramolecular Hbond substituents is 1. The van der Waals surface area contributed by atoms with Crippen molar-refractivity contribution < 1.29 is 24.2 Å². The minimum atomic E-state index is -1.27. The Morgan fingerprint density at radius 3 is 2.53 bits per heavy atom. The summed E-state index contributed by atoms with van der Waals surface area (Å²) in [6, 6.07) is 6.33. The number of anilines is 1. The van der Waals surface area contributed by atoms with E-state index in [1.54, 1.807) is 0 Å². The molecule has 0 aliphatic rings. The van der Waals surface area contributed by atoms with Crippen LogP contribution < -0.4 is 5.32 Å². The molecular formula is C12H8ClNO5. The Bertz CT molecular complexity index is 649. The van der Waals surface area contributed by atoms with Gasteiger partial charge in [-0.15, -0.1) is 0 Å².